The fourth-order valence-corrected chi connectivity index (χ4v) is 2.86. The smallest absolute Gasteiger partial charge is 0.236 e. The van der Waals surface area contributed by atoms with Crippen molar-refractivity contribution in [3.05, 3.63) is 0 Å². The highest BCUT2D eigenvalue weighted by atomic mass is 16.2. The second-order valence-corrected chi connectivity index (χ2v) is 5.55. The third kappa shape index (κ3) is 3.42. The van der Waals surface area contributed by atoms with Crippen molar-refractivity contribution >= 4 is 5.91 Å². The Morgan fingerprint density at radius 3 is 2.53 bits per heavy atom. The Labute approximate surface area is 104 Å². The van der Waals surface area contributed by atoms with Crippen LogP contribution in [0.2, 0.25) is 0 Å². The van der Waals surface area contributed by atoms with Gasteiger partial charge in [-0.3, -0.25) is 9.69 Å². The van der Waals surface area contributed by atoms with Crippen LogP contribution in [0.3, 0.4) is 0 Å². The van der Waals surface area contributed by atoms with E-state index in [1.54, 1.807) is 0 Å². The van der Waals surface area contributed by atoms with Crippen LogP contribution in [0.1, 0.15) is 39.0 Å². The molecule has 0 saturated carbocycles. The summed E-state index contributed by atoms with van der Waals surface area (Å²) in [5, 5.41) is 0. The standard InChI is InChI=1S/C13H25N3O/c1-11-4-2-3-7-16(11)13(17)10-15-8-5-12(14)6-9-15/h11-12H,2-10,14H2,1H3. The van der Waals surface area contributed by atoms with Gasteiger partial charge in [0, 0.05) is 31.7 Å². The van der Waals surface area contributed by atoms with Gasteiger partial charge in [0.15, 0.2) is 0 Å². The first kappa shape index (κ1) is 12.8. The number of rotatable bonds is 2. The molecule has 4 heteroatoms. The summed E-state index contributed by atoms with van der Waals surface area (Å²) in [6.07, 6.45) is 5.66. The highest BCUT2D eigenvalue weighted by Crippen LogP contribution is 2.17. The molecule has 1 amide bonds. The molecule has 98 valence electrons. The van der Waals surface area contributed by atoms with Gasteiger partial charge >= 0.3 is 0 Å². The lowest BCUT2D eigenvalue weighted by atomic mass is 10.0. The van der Waals surface area contributed by atoms with Crippen LogP contribution in [0.4, 0.5) is 0 Å². The zero-order chi connectivity index (χ0) is 12.3. The molecule has 2 aliphatic rings. The molecule has 1 unspecified atom stereocenters. The van der Waals surface area contributed by atoms with Gasteiger partial charge in [-0.15, -0.1) is 0 Å². The van der Waals surface area contributed by atoms with Crippen molar-refractivity contribution in [2.24, 2.45) is 5.73 Å². The van der Waals surface area contributed by atoms with Crippen LogP contribution in [0, 0.1) is 0 Å². The minimum Gasteiger partial charge on any atom is -0.339 e. The Bertz CT molecular complexity index is 261. The van der Waals surface area contributed by atoms with E-state index in [4.69, 9.17) is 5.73 Å². The predicted octanol–water partition coefficient (Wildman–Crippen LogP) is 0.811. The predicted molar refractivity (Wildman–Crippen MR) is 68.7 cm³/mol. The van der Waals surface area contributed by atoms with Crippen molar-refractivity contribution in [3.63, 3.8) is 0 Å². The first-order valence-electron chi connectivity index (χ1n) is 6.94. The Morgan fingerprint density at radius 2 is 1.88 bits per heavy atom. The molecule has 2 rings (SSSR count). The van der Waals surface area contributed by atoms with Gasteiger partial charge in [0.05, 0.1) is 6.54 Å². The quantitative estimate of drug-likeness (QED) is 0.776. The maximum Gasteiger partial charge on any atom is 0.236 e. The minimum absolute atomic E-state index is 0.313. The number of carbonyl (C=O) groups is 1. The number of nitrogens with zero attached hydrogens (tertiary/aromatic N) is 2. The molecule has 0 aromatic heterocycles. The van der Waals surface area contributed by atoms with E-state index in [0.717, 1.165) is 38.9 Å². The molecule has 2 aliphatic heterocycles. The van der Waals surface area contributed by atoms with Crippen molar-refractivity contribution < 1.29 is 4.79 Å². The first-order chi connectivity index (χ1) is 8.16. The van der Waals surface area contributed by atoms with Gasteiger partial charge in [0.25, 0.3) is 0 Å². The Hall–Kier alpha value is -0.610. The second-order valence-electron chi connectivity index (χ2n) is 5.55. The van der Waals surface area contributed by atoms with Gasteiger partial charge in [-0.05, 0) is 39.0 Å². The van der Waals surface area contributed by atoms with Crippen molar-refractivity contribution in [1.82, 2.24) is 9.80 Å². The number of carbonyl (C=O) groups excluding carboxylic acids is 1. The maximum atomic E-state index is 12.2. The monoisotopic (exact) mass is 239 g/mol. The summed E-state index contributed by atoms with van der Waals surface area (Å²) in [5.41, 5.74) is 5.87. The molecule has 0 bridgehead atoms. The third-order valence-electron chi connectivity index (χ3n) is 4.11. The lowest BCUT2D eigenvalue weighted by molar-refractivity contribution is -0.135. The molecule has 0 aromatic rings. The first-order valence-corrected chi connectivity index (χ1v) is 6.94. The Balaban J connectivity index is 1.79. The van der Waals surface area contributed by atoms with Gasteiger partial charge < -0.3 is 10.6 Å². The van der Waals surface area contributed by atoms with Crippen LogP contribution >= 0.6 is 0 Å². The van der Waals surface area contributed by atoms with Crippen molar-refractivity contribution in [1.29, 1.82) is 0 Å². The van der Waals surface area contributed by atoms with E-state index in [-0.39, 0.29) is 0 Å². The minimum atomic E-state index is 0.313. The van der Waals surface area contributed by atoms with Crippen LogP contribution in [0.15, 0.2) is 0 Å². The van der Waals surface area contributed by atoms with Crippen LogP contribution in [-0.2, 0) is 4.79 Å². The van der Waals surface area contributed by atoms with E-state index >= 15 is 0 Å². The van der Waals surface area contributed by atoms with E-state index in [1.165, 1.54) is 12.8 Å². The average Bonchev–Trinajstić information content (AvgIpc) is 2.32. The average molecular weight is 239 g/mol. The molecule has 0 radical (unpaired) electrons. The Kier molecular flexibility index (Phi) is 4.40. The van der Waals surface area contributed by atoms with Crippen LogP contribution in [-0.4, -0.2) is 54.0 Å². The fraction of sp³-hybridized carbons (Fsp3) is 0.923. The van der Waals surface area contributed by atoms with Crippen LogP contribution < -0.4 is 5.73 Å². The summed E-state index contributed by atoms with van der Waals surface area (Å²) >= 11 is 0. The van der Waals surface area contributed by atoms with Crippen molar-refractivity contribution in [2.75, 3.05) is 26.2 Å². The number of nitrogens with two attached hydrogens (primary N) is 1. The van der Waals surface area contributed by atoms with Crippen molar-refractivity contribution in [3.8, 4) is 0 Å². The topological polar surface area (TPSA) is 49.6 Å². The molecule has 0 spiro atoms. The highest BCUT2D eigenvalue weighted by Gasteiger charge is 2.25. The molecule has 1 atom stereocenters. The van der Waals surface area contributed by atoms with Gasteiger partial charge in [-0.25, -0.2) is 0 Å². The molecule has 0 aromatic carbocycles. The molecule has 2 N–H and O–H groups in total. The number of piperidine rings is 2. The lowest BCUT2D eigenvalue weighted by Gasteiger charge is -2.36. The van der Waals surface area contributed by atoms with E-state index in [1.807, 2.05) is 0 Å². The molecule has 2 saturated heterocycles. The zero-order valence-corrected chi connectivity index (χ0v) is 10.9. The Morgan fingerprint density at radius 1 is 1.18 bits per heavy atom. The van der Waals surface area contributed by atoms with Crippen LogP contribution in [0.5, 0.6) is 0 Å². The number of hydrogen-bond acceptors (Lipinski definition) is 3. The van der Waals surface area contributed by atoms with E-state index in [9.17, 15) is 4.79 Å². The number of amides is 1. The fourth-order valence-electron chi connectivity index (χ4n) is 2.86. The highest BCUT2D eigenvalue weighted by molar-refractivity contribution is 5.78. The molecular formula is C13H25N3O. The SMILES string of the molecule is CC1CCCCN1C(=O)CN1CCC(N)CC1. The number of hydrogen-bond donors (Lipinski definition) is 1. The summed E-state index contributed by atoms with van der Waals surface area (Å²) in [4.78, 5) is 16.5. The normalized spacial score (nSPS) is 28.4. The molecule has 17 heavy (non-hydrogen) atoms. The van der Waals surface area contributed by atoms with Gasteiger partial charge in [0.1, 0.15) is 0 Å². The van der Waals surface area contributed by atoms with Crippen molar-refractivity contribution in [2.45, 2.75) is 51.1 Å². The summed E-state index contributed by atoms with van der Waals surface area (Å²) in [6.45, 7) is 5.68. The summed E-state index contributed by atoms with van der Waals surface area (Å²) in [7, 11) is 0. The molecule has 4 nitrogen and oxygen atoms in total. The summed E-state index contributed by atoms with van der Waals surface area (Å²) in [6, 6.07) is 0.776. The molecule has 2 heterocycles. The van der Waals surface area contributed by atoms with Crippen LogP contribution in [0.25, 0.3) is 0 Å². The molecule has 0 aliphatic carbocycles. The largest absolute Gasteiger partial charge is 0.339 e. The van der Waals surface area contributed by atoms with E-state index in [2.05, 4.69) is 16.7 Å². The number of likely N-dealkylation sites (tertiary alicyclic amines) is 2. The van der Waals surface area contributed by atoms with Gasteiger partial charge in [-0.1, -0.05) is 0 Å². The maximum absolute atomic E-state index is 12.2. The summed E-state index contributed by atoms with van der Waals surface area (Å²) < 4.78 is 0. The molecular weight excluding hydrogens is 214 g/mol. The summed E-state index contributed by atoms with van der Waals surface area (Å²) in [5.74, 6) is 0.313. The third-order valence-corrected chi connectivity index (χ3v) is 4.11. The second kappa shape index (κ2) is 5.83. The van der Waals surface area contributed by atoms with E-state index < -0.39 is 0 Å². The lowest BCUT2D eigenvalue weighted by Crippen LogP contribution is -2.49. The van der Waals surface area contributed by atoms with Gasteiger partial charge in [0.2, 0.25) is 5.91 Å². The zero-order valence-electron chi connectivity index (χ0n) is 10.9. The van der Waals surface area contributed by atoms with Gasteiger partial charge in [-0.2, -0.15) is 0 Å². The molecule has 2 fully saturated rings. The van der Waals surface area contributed by atoms with E-state index in [0.29, 0.717) is 24.5 Å².